The van der Waals surface area contributed by atoms with E-state index in [4.69, 9.17) is 0 Å². The van der Waals surface area contributed by atoms with Crippen molar-refractivity contribution in [1.82, 2.24) is 19.6 Å². The molecule has 1 aliphatic heterocycles. The number of aromatic nitrogens is 2. The minimum Gasteiger partial charge on any atom is -0.337 e. The molecule has 0 saturated carbocycles. The zero-order chi connectivity index (χ0) is 23.4. The molecule has 4 rings (SSSR count). The van der Waals surface area contributed by atoms with Gasteiger partial charge in [0.25, 0.3) is 5.91 Å². The normalized spacial score (nSPS) is 16.0. The highest BCUT2D eigenvalue weighted by Crippen LogP contribution is 2.28. The number of hydrogen-bond donors (Lipinski definition) is 0. The summed E-state index contributed by atoms with van der Waals surface area (Å²) in [7, 11) is 3.76. The number of piperidine rings is 1. The Morgan fingerprint density at radius 2 is 1.76 bits per heavy atom. The summed E-state index contributed by atoms with van der Waals surface area (Å²) < 4.78 is 14.9. The van der Waals surface area contributed by atoms with Gasteiger partial charge in [-0.1, -0.05) is 42.5 Å². The van der Waals surface area contributed by atoms with Gasteiger partial charge in [0.15, 0.2) is 0 Å². The number of carbonyl (C=O) groups excluding carboxylic acids is 1. The van der Waals surface area contributed by atoms with Crippen molar-refractivity contribution < 1.29 is 9.18 Å². The first-order valence-corrected chi connectivity index (χ1v) is 11.7. The van der Waals surface area contributed by atoms with E-state index in [1.54, 1.807) is 4.68 Å². The molecule has 174 valence electrons. The third kappa shape index (κ3) is 5.69. The molecule has 5 nitrogen and oxygen atoms in total. The van der Waals surface area contributed by atoms with Gasteiger partial charge in [-0.25, -0.2) is 4.39 Å². The molecule has 1 aromatic heterocycles. The van der Waals surface area contributed by atoms with Crippen LogP contribution < -0.4 is 0 Å². The second-order valence-corrected chi connectivity index (χ2v) is 9.21. The van der Waals surface area contributed by atoms with E-state index in [-0.39, 0.29) is 17.8 Å². The molecule has 1 amide bonds. The number of nitrogens with zero attached hydrogens (tertiary/aromatic N) is 4. The molecule has 2 heterocycles. The van der Waals surface area contributed by atoms with Crippen LogP contribution in [0.1, 0.15) is 40.2 Å². The second kappa shape index (κ2) is 10.3. The molecule has 1 saturated heterocycles. The standard InChI is InChI=1S/C27H33FN4O/c1-20-17-26(31(3)29-20)27(33)30(2)25(18-21-7-5-4-6-8-21)23-13-15-32(16-14-23)19-22-9-11-24(28)12-10-22/h4-12,17,23,25H,13-16,18-19H2,1-3H3. The van der Waals surface area contributed by atoms with Gasteiger partial charge in [0.2, 0.25) is 0 Å². The number of benzene rings is 2. The third-order valence-corrected chi connectivity index (χ3v) is 6.82. The summed E-state index contributed by atoms with van der Waals surface area (Å²) in [6.07, 6.45) is 2.89. The Morgan fingerprint density at radius 1 is 1.09 bits per heavy atom. The molecular formula is C27H33FN4O. The molecule has 0 N–H and O–H groups in total. The van der Waals surface area contributed by atoms with Crippen LogP contribution in [0.25, 0.3) is 0 Å². The molecule has 6 heteroatoms. The van der Waals surface area contributed by atoms with Crippen molar-refractivity contribution >= 4 is 5.91 Å². The van der Waals surface area contributed by atoms with Crippen molar-refractivity contribution in [3.05, 3.63) is 89.0 Å². The SMILES string of the molecule is Cc1cc(C(=O)N(C)C(Cc2ccccc2)C2CCN(Cc3ccc(F)cc3)CC2)n(C)n1. The first-order chi connectivity index (χ1) is 15.9. The third-order valence-electron chi connectivity index (χ3n) is 6.82. The molecule has 2 aromatic carbocycles. The molecule has 1 atom stereocenters. The van der Waals surface area contributed by atoms with Crippen LogP contribution in [0.2, 0.25) is 0 Å². The van der Waals surface area contributed by atoms with Crippen LogP contribution in [0.3, 0.4) is 0 Å². The largest absolute Gasteiger partial charge is 0.337 e. The molecule has 0 radical (unpaired) electrons. The van der Waals surface area contributed by atoms with Crippen LogP contribution in [-0.2, 0) is 20.0 Å². The lowest BCUT2D eigenvalue weighted by Crippen LogP contribution is -2.47. The lowest BCUT2D eigenvalue weighted by atomic mass is 9.84. The Balaban J connectivity index is 1.47. The second-order valence-electron chi connectivity index (χ2n) is 9.21. The topological polar surface area (TPSA) is 41.4 Å². The van der Waals surface area contributed by atoms with Crippen LogP contribution in [0, 0.1) is 18.7 Å². The number of likely N-dealkylation sites (N-methyl/N-ethyl adjacent to an activating group) is 1. The fourth-order valence-corrected chi connectivity index (χ4v) is 4.96. The first kappa shape index (κ1) is 23.2. The molecule has 1 aliphatic rings. The first-order valence-electron chi connectivity index (χ1n) is 11.7. The van der Waals surface area contributed by atoms with Gasteiger partial charge >= 0.3 is 0 Å². The average Bonchev–Trinajstić information content (AvgIpc) is 3.17. The zero-order valence-corrected chi connectivity index (χ0v) is 19.7. The van der Waals surface area contributed by atoms with E-state index < -0.39 is 0 Å². The van der Waals surface area contributed by atoms with E-state index in [1.807, 2.05) is 50.2 Å². The lowest BCUT2D eigenvalue weighted by molar-refractivity contribution is 0.0575. The van der Waals surface area contributed by atoms with Crippen LogP contribution in [0.4, 0.5) is 4.39 Å². The summed E-state index contributed by atoms with van der Waals surface area (Å²) in [4.78, 5) is 17.8. The minimum atomic E-state index is -0.197. The fourth-order valence-electron chi connectivity index (χ4n) is 4.96. The average molecular weight is 449 g/mol. The molecular weight excluding hydrogens is 415 g/mol. The zero-order valence-electron chi connectivity index (χ0n) is 19.7. The van der Waals surface area contributed by atoms with Crippen molar-refractivity contribution in [2.24, 2.45) is 13.0 Å². The number of aryl methyl sites for hydroxylation is 2. The minimum absolute atomic E-state index is 0.0211. The number of likely N-dealkylation sites (tertiary alicyclic amines) is 1. The fraction of sp³-hybridized carbons (Fsp3) is 0.407. The van der Waals surface area contributed by atoms with Crippen LogP contribution >= 0.6 is 0 Å². The molecule has 0 spiro atoms. The highest BCUT2D eigenvalue weighted by Gasteiger charge is 2.32. The molecule has 0 bridgehead atoms. The summed E-state index contributed by atoms with van der Waals surface area (Å²) in [6.45, 7) is 4.69. The van der Waals surface area contributed by atoms with Gasteiger partial charge in [0.05, 0.1) is 5.69 Å². The van der Waals surface area contributed by atoms with E-state index >= 15 is 0 Å². The van der Waals surface area contributed by atoms with Crippen LogP contribution in [0.15, 0.2) is 60.7 Å². The molecule has 0 aliphatic carbocycles. The number of carbonyl (C=O) groups is 1. The Morgan fingerprint density at radius 3 is 2.36 bits per heavy atom. The quantitative estimate of drug-likeness (QED) is 0.536. The van der Waals surface area contributed by atoms with Crippen molar-refractivity contribution in [2.75, 3.05) is 20.1 Å². The predicted octanol–water partition coefficient (Wildman–Crippen LogP) is 4.46. The Kier molecular flexibility index (Phi) is 7.23. The maximum absolute atomic E-state index is 13.4. The van der Waals surface area contributed by atoms with Gasteiger partial charge in [0, 0.05) is 26.7 Å². The summed E-state index contributed by atoms with van der Waals surface area (Å²) in [6, 6.07) is 19.2. The summed E-state index contributed by atoms with van der Waals surface area (Å²) in [5, 5.41) is 4.36. The van der Waals surface area contributed by atoms with Gasteiger partial charge in [0.1, 0.15) is 11.5 Å². The highest BCUT2D eigenvalue weighted by atomic mass is 19.1. The van der Waals surface area contributed by atoms with Gasteiger partial charge in [-0.3, -0.25) is 14.4 Å². The molecule has 33 heavy (non-hydrogen) atoms. The van der Waals surface area contributed by atoms with Gasteiger partial charge in [-0.15, -0.1) is 0 Å². The Hall–Kier alpha value is -2.99. The maximum atomic E-state index is 13.4. The van der Waals surface area contributed by atoms with Gasteiger partial charge in [-0.05, 0) is 74.5 Å². The number of halogens is 1. The van der Waals surface area contributed by atoms with E-state index in [1.165, 1.54) is 17.7 Å². The smallest absolute Gasteiger partial charge is 0.272 e. The van der Waals surface area contributed by atoms with Crippen molar-refractivity contribution in [1.29, 1.82) is 0 Å². The summed E-state index contributed by atoms with van der Waals surface area (Å²) in [5.74, 6) is 0.239. The summed E-state index contributed by atoms with van der Waals surface area (Å²) in [5.41, 5.74) is 3.86. The Labute approximate surface area is 195 Å². The van der Waals surface area contributed by atoms with E-state index in [0.29, 0.717) is 11.6 Å². The highest BCUT2D eigenvalue weighted by molar-refractivity contribution is 5.92. The van der Waals surface area contributed by atoms with E-state index in [0.717, 1.165) is 50.2 Å². The monoisotopic (exact) mass is 448 g/mol. The summed E-state index contributed by atoms with van der Waals surface area (Å²) >= 11 is 0. The molecule has 3 aromatic rings. The maximum Gasteiger partial charge on any atom is 0.272 e. The van der Waals surface area contributed by atoms with Gasteiger partial charge < -0.3 is 4.90 Å². The molecule has 1 fully saturated rings. The predicted molar refractivity (Wildman–Crippen MR) is 128 cm³/mol. The van der Waals surface area contributed by atoms with Crippen molar-refractivity contribution in [3.8, 4) is 0 Å². The van der Waals surface area contributed by atoms with E-state index in [2.05, 4.69) is 34.3 Å². The number of hydrogen-bond acceptors (Lipinski definition) is 3. The van der Waals surface area contributed by atoms with Crippen LogP contribution in [0.5, 0.6) is 0 Å². The Bertz CT molecular complexity index is 1060. The number of amides is 1. The van der Waals surface area contributed by atoms with Crippen molar-refractivity contribution in [3.63, 3.8) is 0 Å². The van der Waals surface area contributed by atoms with Crippen LogP contribution in [-0.4, -0.2) is 51.7 Å². The van der Waals surface area contributed by atoms with Crippen molar-refractivity contribution in [2.45, 2.75) is 38.8 Å². The molecule has 1 unspecified atom stereocenters. The van der Waals surface area contributed by atoms with E-state index in [9.17, 15) is 9.18 Å². The number of rotatable bonds is 7. The van der Waals surface area contributed by atoms with Gasteiger partial charge in [-0.2, -0.15) is 5.10 Å². The lowest BCUT2D eigenvalue weighted by Gasteiger charge is -2.40.